The maximum Gasteiger partial charge on any atom is 0.279 e. The van der Waals surface area contributed by atoms with Gasteiger partial charge in [-0.3, -0.25) is 25.2 Å². The molecule has 0 aliphatic carbocycles. The first-order valence-electron chi connectivity index (χ1n) is 7.23. The number of thiophene rings is 1. The van der Waals surface area contributed by atoms with Crippen molar-refractivity contribution in [3.8, 4) is 0 Å². The van der Waals surface area contributed by atoms with Crippen LogP contribution >= 0.6 is 11.3 Å². The van der Waals surface area contributed by atoms with Crippen LogP contribution in [0, 0.1) is 0 Å². The van der Waals surface area contributed by atoms with Crippen molar-refractivity contribution < 1.29 is 14.4 Å². The van der Waals surface area contributed by atoms with Crippen molar-refractivity contribution in [1.82, 2.24) is 16.2 Å². The number of carbonyl (C=O) groups excluding carboxylic acids is 3. The molecule has 2 rings (SSSR count). The van der Waals surface area contributed by atoms with Crippen molar-refractivity contribution in [2.24, 2.45) is 0 Å². The minimum atomic E-state index is -0.790. The van der Waals surface area contributed by atoms with Crippen molar-refractivity contribution in [3.05, 3.63) is 64.4 Å². The van der Waals surface area contributed by atoms with Crippen LogP contribution < -0.4 is 16.2 Å². The summed E-state index contributed by atoms with van der Waals surface area (Å²) < 4.78 is 0. The van der Waals surface area contributed by atoms with Crippen LogP contribution in [-0.2, 0) is 9.59 Å². The highest BCUT2D eigenvalue weighted by atomic mass is 32.1. The summed E-state index contributed by atoms with van der Waals surface area (Å²) in [6.45, 7) is 1.53. The predicted octanol–water partition coefficient (Wildman–Crippen LogP) is 1.73. The summed E-state index contributed by atoms with van der Waals surface area (Å²) in [6.07, 6.45) is 3.00. The molecule has 2 aromatic rings. The van der Waals surface area contributed by atoms with Crippen LogP contribution in [0.2, 0.25) is 0 Å². The molecule has 0 aliphatic heterocycles. The van der Waals surface area contributed by atoms with E-state index in [-0.39, 0.29) is 0 Å². The number of rotatable bonds is 5. The number of carbonyl (C=O) groups is 3. The molecular weight excluding hydrogens is 326 g/mol. The van der Waals surface area contributed by atoms with Gasteiger partial charge in [0.05, 0.1) is 4.88 Å². The Bertz CT molecular complexity index is 727. The maximum atomic E-state index is 11.9. The molecule has 1 heterocycles. The van der Waals surface area contributed by atoms with E-state index in [2.05, 4.69) is 16.2 Å². The van der Waals surface area contributed by atoms with Gasteiger partial charge in [-0.1, -0.05) is 36.4 Å². The zero-order chi connectivity index (χ0) is 17.4. The summed E-state index contributed by atoms with van der Waals surface area (Å²) in [6, 6.07) is 11.9. The normalized spacial score (nSPS) is 11.7. The van der Waals surface area contributed by atoms with Gasteiger partial charge in [-0.2, -0.15) is 0 Å². The van der Waals surface area contributed by atoms with E-state index in [0.717, 1.165) is 5.56 Å². The molecule has 3 amide bonds. The van der Waals surface area contributed by atoms with Gasteiger partial charge in [0.25, 0.3) is 11.8 Å². The zero-order valence-corrected chi connectivity index (χ0v) is 13.8. The topological polar surface area (TPSA) is 87.3 Å². The average molecular weight is 343 g/mol. The summed E-state index contributed by atoms with van der Waals surface area (Å²) in [7, 11) is 0. The third-order valence-corrected chi connectivity index (χ3v) is 3.89. The summed E-state index contributed by atoms with van der Waals surface area (Å²) in [5.41, 5.74) is 5.46. The third-order valence-electron chi connectivity index (χ3n) is 3.02. The average Bonchev–Trinajstić information content (AvgIpc) is 3.13. The van der Waals surface area contributed by atoms with Gasteiger partial charge in [0.1, 0.15) is 6.04 Å². The summed E-state index contributed by atoms with van der Waals surface area (Å²) >= 11 is 1.26. The van der Waals surface area contributed by atoms with Crippen molar-refractivity contribution in [1.29, 1.82) is 0 Å². The van der Waals surface area contributed by atoms with Crippen molar-refractivity contribution in [2.75, 3.05) is 0 Å². The quantitative estimate of drug-likeness (QED) is 0.571. The molecule has 1 aromatic heterocycles. The van der Waals surface area contributed by atoms with Crippen LogP contribution in [0.5, 0.6) is 0 Å². The van der Waals surface area contributed by atoms with E-state index >= 15 is 0 Å². The second kappa shape index (κ2) is 8.64. The number of hydrogen-bond donors (Lipinski definition) is 3. The molecule has 3 N–H and O–H groups in total. The van der Waals surface area contributed by atoms with E-state index in [1.807, 2.05) is 30.3 Å². The third kappa shape index (κ3) is 5.36. The fourth-order valence-electron chi connectivity index (χ4n) is 1.76. The Morgan fingerprint density at radius 2 is 1.79 bits per heavy atom. The zero-order valence-electron chi connectivity index (χ0n) is 13.0. The standard InChI is InChI=1S/C17H17N3O3S/c1-12(16(22)19-20-17(23)14-8-5-11-24-14)18-15(21)10-9-13-6-3-2-4-7-13/h2-12H,1H3,(H,18,21)(H,19,22)(H,20,23)/b10-9+/t12-/m0/s1. The molecule has 124 valence electrons. The van der Waals surface area contributed by atoms with E-state index in [9.17, 15) is 14.4 Å². The lowest BCUT2D eigenvalue weighted by Gasteiger charge is -2.13. The van der Waals surface area contributed by atoms with E-state index in [1.165, 1.54) is 24.3 Å². The predicted molar refractivity (Wildman–Crippen MR) is 93.0 cm³/mol. The fraction of sp³-hybridized carbons (Fsp3) is 0.118. The Hall–Kier alpha value is -2.93. The van der Waals surface area contributed by atoms with Crippen LogP contribution in [0.3, 0.4) is 0 Å². The minimum Gasteiger partial charge on any atom is -0.341 e. The lowest BCUT2D eigenvalue weighted by Crippen LogP contribution is -2.50. The molecule has 0 saturated heterocycles. The molecule has 1 aromatic carbocycles. The Kier molecular flexibility index (Phi) is 6.27. The number of nitrogens with one attached hydrogen (secondary N) is 3. The first kappa shape index (κ1) is 17.4. The Morgan fingerprint density at radius 3 is 2.46 bits per heavy atom. The highest BCUT2D eigenvalue weighted by molar-refractivity contribution is 7.12. The van der Waals surface area contributed by atoms with Crippen molar-refractivity contribution in [2.45, 2.75) is 13.0 Å². The van der Waals surface area contributed by atoms with E-state index in [0.29, 0.717) is 4.88 Å². The van der Waals surface area contributed by atoms with Gasteiger partial charge in [0.2, 0.25) is 5.91 Å². The fourth-order valence-corrected chi connectivity index (χ4v) is 2.38. The smallest absolute Gasteiger partial charge is 0.279 e. The Morgan fingerprint density at radius 1 is 1.04 bits per heavy atom. The van der Waals surface area contributed by atoms with Gasteiger partial charge in [0, 0.05) is 6.08 Å². The monoisotopic (exact) mass is 343 g/mol. The number of hydrogen-bond acceptors (Lipinski definition) is 4. The largest absolute Gasteiger partial charge is 0.341 e. The maximum absolute atomic E-state index is 11.9. The molecule has 24 heavy (non-hydrogen) atoms. The van der Waals surface area contributed by atoms with Gasteiger partial charge in [-0.25, -0.2) is 0 Å². The SMILES string of the molecule is C[C@H](NC(=O)/C=C/c1ccccc1)C(=O)NNC(=O)c1cccs1. The molecule has 0 fully saturated rings. The molecule has 0 bridgehead atoms. The first-order valence-corrected chi connectivity index (χ1v) is 8.11. The van der Waals surface area contributed by atoms with Crippen molar-refractivity contribution >= 4 is 35.1 Å². The molecule has 0 saturated carbocycles. The van der Waals surface area contributed by atoms with E-state index < -0.39 is 23.8 Å². The molecule has 7 heteroatoms. The lowest BCUT2D eigenvalue weighted by atomic mass is 10.2. The van der Waals surface area contributed by atoms with E-state index in [1.54, 1.807) is 23.6 Å². The second-order valence-corrected chi connectivity index (χ2v) is 5.84. The lowest BCUT2D eigenvalue weighted by molar-refractivity contribution is -0.127. The highest BCUT2D eigenvalue weighted by Gasteiger charge is 2.15. The summed E-state index contributed by atoms with van der Waals surface area (Å²) in [5.74, 6) is -1.31. The molecule has 0 spiro atoms. The van der Waals surface area contributed by atoms with Crippen LogP contribution in [-0.4, -0.2) is 23.8 Å². The summed E-state index contributed by atoms with van der Waals surface area (Å²) in [4.78, 5) is 35.8. The minimum absolute atomic E-state index is 0.397. The van der Waals surface area contributed by atoms with Crippen LogP contribution in [0.15, 0.2) is 53.9 Å². The molecule has 0 unspecified atom stereocenters. The molecule has 0 aliphatic rings. The number of hydrazine groups is 1. The van der Waals surface area contributed by atoms with Gasteiger partial charge in [-0.15, -0.1) is 11.3 Å². The van der Waals surface area contributed by atoms with E-state index in [4.69, 9.17) is 0 Å². The molecule has 1 atom stereocenters. The van der Waals surface area contributed by atoms with Crippen LogP contribution in [0.25, 0.3) is 6.08 Å². The Balaban J connectivity index is 1.77. The molecule has 0 radical (unpaired) electrons. The molecule has 6 nitrogen and oxygen atoms in total. The summed E-state index contributed by atoms with van der Waals surface area (Å²) in [5, 5.41) is 4.28. The van der Waals surface area contributed by atoms with Crippen molar-refractivity contribution in [3.63, 3.8) is 0 Å². The van der Waals surface area contributed by atoms with Gasteiger partial charge < -0.3 is 5.32 Å². The van der Waals surface area contributed by atoms with Crippen LogP contribution in [0.1, 0.15) is 22.2 Å². The highest BCUT2D eigenvalue weighted by Crippen LogP contribution is 2.07. The second-order valence-electron chi connectivity index (χ2n) is 4.89. The van der Waals surface area contributed by atoms with Gasteiger partial charge >= 0.3 is 0 Å². The number of amides is 3. The number of benzene rings is 1. The first-order chi connectivity index (χ1) is 11.6. The van der Waals surface area contributed by atoms with Gasteiger partial charge in [-0.05, 0) is 30.0 Å². The Labute approximate surface area is 143 Å². The van der Waals surface area contributed by atoms with Crippen LogP contribution in [0.4, 0.5) is 0 Å². The molecular formula is C17H17N3O3S. The van der Waals surface area contributed by atoms with Gasteiger partial charge in [0.15, 0.2) is 0 Å².